The minimum atomic E-state index is -0.316. The van der Waals surface area contributed by atoms with Crippen LogP contribution < -0.4 is 20.1 Å². The van der Waals surface area contributed by atoms with Crippen LogP contribution in [0.1, 0.15) is 5.56 Å². The van der Waals surface area contributed by atoms with Crippen molar-refractivity contribution in [3.8, 4) is 11.5 Å². The summed E-state index contributed by atoms with van der Waals surface area (Å²) in [5.74, 6) is 1.48. The van der Waals surface area contributed by atoms with Gasteiger partial charge in [0.05, 0.1) is 0 Å². The van der Waals surface area contributed by atoms with E-state index in [1.54, 1.807) is 18.2 Å². The maximum Gasteiger partial charge on any atom is 0.319 e. The number of nitrogens with one attached hydrogen (secondary N) is 2. The first-order chi connectivity index (χ1) is 11.1. The Morgan fingerprint density at radius 2 is 1.78 bits per heavy atom. The zero-order chi connectivity index (χ0) is 16.2. The highest BCUT2D eigenvalue weighted by atomic mass is 35.5. The molecule has 0 spiro atoms. The summed E-state index contributed by atoms with van der Waals surface area (Å²) in [5.41, 5.74) is 1.60. The van der Waals surface area contributed by atoms with Gasteiger partial charge >= 0.3 is 6.03 Å². The third kappa shape index (κ3) is 4.21. The Hall–Kier alpha value is -2.11. The summed E-state index contributed by atoms with van der Waals surface area (Å²) < 4.78 is 10.6. The summed E-state index contributed by atoms with van der Waals surface area (Å²) >= 11 is 11.8. The van der Waals surface area contributed by atoms with E-state index in [-0.39, 0.29) is 12.8 Å². The minimum absolute atomic E-state index is 0.252. The molecular weight excluding hydrogens is 339 g/mol. The average molecular weight is 353 g/mol. The molecule has 1 heterocycles. The number of amides is 2. The fraction of sp³-hybridized carbons (Fsp3) is 0.188. The van der Waals surface area contributed by atoms with Crippen molar-refractivity contribution >= 4 is 34.9 Å². The van der Waals surface area contributed by atoms with Crippen LogP contribution in [0.2, 0.25) is 10.0 Å². The average Bonchev–Trinajstić information content (AvgIpc) is 2.93. The van der Waals surface area contributed by atoms with E-state index in [1.807, 2.05) is 18.2 Å². The minimum Gasteiger partial charge on any atom is -0.454 e. The van der Waals surface area contributed by atoms with Crippen molar-refractivity contribution in [1.82, 2.24) is 5.32 Å². The Labute approximate surface area is 143 Å². The maximum absolute atomic E-state index is 11.9. The number of carbonyl (C=O) groups is 1. The smallest absolute Gasteiger partial charge is 0.319 e. The van der Waals surface area contributed by atoms with Crippen molar-refractivity contribution in [2.24, 2.45) is 0 Å². The van der Waals surface area contributed by atoms with Gasteiger partial charge in [0.15, 0.2) is 11.5 Å². The van der Waals surface area contributed by atoms with Gasteiger partial charge in [-0.2, -0.15) is 0 Å². The van der Waals surface area contributed by atoms with E-state index in [4.69, 9.17) is 32.7 Å². The number of carbonyl (C=O) groups excluding carboxylic acids is 1. The molecule has 1 aliphatic heterocycles. The number of fused-ring (bicyclic) bond motifs is 1. The SMILES string of the molecule is O=C(NCCc1ccc2c(c1)OCO2)Nc1cc(Cl)cc(Cl)c1. The van der Waals surface area contributed by atoms with E-state index in [2.05, 4.69) is 10.6 Å². The van der Waals surface area contributed by atoms with Gasteiger partial charge in [0.2, 0.25) is 6.79 Å². The number of anilines is 1. The molecule has 7 heteroatoms. The molecule has 1 aliphatic rings. The first-order valence-corrected chi connectivity index (χ1v) is 7.75. The molecular formula is C16H14Cl2N2O3. The zero-order valence-electron chi connectivity index (χ0n) is 12.1. The molecule has 0 aromatic heterocycles. The van der Waals surface area contributed by atoms with Gasteiger partial charge in [-0.3, -0.25) is 0 Å². The molecule has 23 heavy (non-hydrogen) atoms. The molecule has 2 N–H and O–H groups in total. The monoisotopic (exact) mass is 352 g/mol. The van der Waals surface area contributed by atoms with Crippen molar-refractivity contribution in [2.45, 2.75) is 6.42 Å². The summed E-state index contributed by atoms with van der Waals surface area (Å²) in [6.07, 6.45) is 0.681. The van der Waals surface area contributed by atoms with E-state index < -0.39 is 0 Å². The number of benzene rings is 2. The summed E-state index contributed by atoms with van der Waals surface area (Å²) in [4.78, 5) is 11.9. The van der Waals surface area contributed by atoms with Crippen LogP contribution in [0, 0.1) is 0 Å². The van der Waals surface area contributed by atoms with E-state index in [9.17, 15) is 4.79 Å². The third-order valence-corrected chi connectivity index (χ3v) is 3.69. The Morgan fingerprint density at radius 1 is 1.04 bits per heavy atom. The molecule has 0 fully saturated rings. The van der Waals surface area contributed by atoms with Crippen LogP contribution in [0.4, 0.5) is 10.5 Å². The highest BCUT2D eigenvalue weighted by molar-refractivity contribution is 6.35. The van der Waals surface area contributed by atoms with Gasteiger partial charge in [-0.25, -0.2) is 4.79 Å². The van der Waals surface area contributed by atoms with Crippen LogP contribution in [0.25, 0.3) is 0 Å². The van der Waals surface area contributed by atoms with Crippen LogP contribution in [-0.4, -0.2) is 19.4 Å². The van der Waals surface area contributed by atoms with E-state index in [1.165, 1.54) is 0 Å². The van der Waals surface area contributed by atoms with Crippen molar-refractivity contribution < 1.29 is 14.3 Å². The Bertz CT molecular complexity index is 717. The lowest BCUT2D eigenvalue weighted by molar-refractivity contribution is 0.174. The molecule has 0 unspecified atom stereocenters. The van der Waals surface area contributed by atoms with Gasteiger partial charge in [0.25, 0.3) is 0 Å². The number of rotatable bonds is 4. The standard InChI is InChI=1S/C16H14Cl2N2O3/c17-11-6-12(18)8-13(7-11)20-16(21)19-4-3-10-1-2-14-15(5-10)23-9-22-14/h1-2,5-8H,3-4,9H2,(H2,19,20,21). The molecule has 0 saturated heterocycles. The number of hydrogen-bond donors (Lipinski definition) is 2. The van der Waals surface area contributed by atoms with Crippen LogP contribution >= 0.6 is 23.2 Å². The second-order valence-corrected chi connectivity index (χ2v) is 5.85. The lowest BCUT2D eigenvalue weighted by Crippen LogP contribution is -2.30. The molecule has 2 aromatic rings. The zero-order valence-corrected chi connectivity index (χ0v) is 13.6. The number of ether oxygens (including phenoxy) is 2. The van der Waals surface area contributed by atoms with Crippen LogP contribution in [0.5, 0.6) is 11.5 Å². The Morgan fingerprint density at radius 3 is 2.57 bits per heavy atom. The van der Waals surface area contributed by atoms with Crippen molar-refractivity contribution in [1.29, 1.82) is 0 Å². The first kappa shape index (κ1) is 15.8. The summed E-state index contributed by atoms with van der Waals surface area (Å²) in [6.45, 7) is 0.738. The number of hydrogen-bond acceptors (Lipinski definition) is 3. The molecule has 0 aliphatic carbocycles. The molecule has 0 saturated carbocycles. The van der Waals surface area contributed by atoms with Gasteiger partial charge in [-0.1, -0.05) is 29.3 Å². The highest BCUT2D eigenvalue weighted by Crippen LogP contribution is 2.32. The van der Waals surface area contributed by atoms with Crippen LogP contribution in [0.3, 0.4) is 0 Å². The van der Waals surface area contributed by atoms with Gasteiger partial charge in [-0.15, -0.1) is 0 Å². The molecule has 0 radical (unpaired) electrons. The fourth-order valence-electron chi connectivity index (χ4n) is 2.22. The number of halogens is 2. The quantitative estimate of drug-likeness (QED) is 0.871. The van der Waals surface area contributed by atoms with E-state index >= 15 is 0 Å². The highest BCUT2D eigenvalue weighted by Gasteiger charge is 2.13. The molecule has 2 aromatic carbocycles. The van der Waals surface area contributed by atoms with Gasteiger partial charge in [-0.05, 0) is 42.3 Å². The van der Waals surface area contributed by atoms with Crippen molar-refractivity contribution in [3.05, 3.63) is 52.0 Å². The lowest BCUT2D eigenvalue weighted by Gasteiger charge is -2.09. The van der Waals surface area contributed by atoms with Gasteiger partial charge in [0, 0.05) is 22.3 Å². The Kier molecular flexibility index (Phi) is 4.79. The number of urea groups is 1. The molecule has 0 atom stereocenters. The van der Waals surface area contributed by atoms with Gasteiger partial charge in [0.1, 0.15) is 0 Å². The topological polar surface area (TPSA) is 59.6 Å². The van der Waals surface area contributed by atoms with E-state index in [0.717, 1.165) is 17.1 Å². The molecule has 3 rings (SSSR count). The predicted octanol–water partition coefficient (Wildman–Crippen LogP) is 4.09. The van der Waals surface area contributed by atoms with Crippen LogP contribution in [-0.2, 0) is 6.42 Å². The summed E-state index contributed by atoms with van der Waals surface area (Å²) in [6, 6.07) is 10.3. The normalized spacial score (nSPS) is 12.1. The summed E-state index contributed by atoms with van der Waals surface area (Å²) in [7, 11) is 0. The predicted molar refractivity (Wildman–Crippen MR) is 89.8 cm³/mol. The molecule has 0 bridgehead atoms. The van der Waals surface area contributed by atoms with Gasteiger partial charge < -0.3 is 20.1 Å². The molecule has 120 valence electrons. The molecule has 2 amide bonds. The second kappa shape index (κ2) is 6.98. The third-order valence-electron chi connectivity index (χ3n) is 3.26. The fourth-order valence-corrected chi connectivity index (χ4v) is 2.74. The lowest BCUT2D eigenvalue weighted by atomic mass is 10.1. The second-order valence-electron chi connectivity index (χ2n) is 4.98. The first-order valence-electron chi connectivity index (χ1n) is 6.99. The van der Waals surface area contributed by atoms with Crippen molar-refractivity contribution in [2.75, 3.05) is 18.7 Å². The van der Waals surface area contributed by atoms with Crippen LogP contribution in [0.15, 0.2) is 36.4 Å². The largest absolute Gasteiger partial charge is 0.454 e. The van der Waals surface area contributed by atoms with Crippen molar-refractivity contribution in [3.63, 3.8) is 0 Å². The molecule has 5 nitrogen and oxygen atoms in total. The maximum atomic E-state index is 11.9. The Balaban J connectivity index is 1.49. The van der Waals surface area contributed by atoms with E-state index in [0.29, 0.717) is 28.7 Å². The summed E-state index contributed by atoms with van der Waals surface area (Å²) in [5, 5.41) is 6.40.